The van der Waals surface area contributed by atoms with Crippen LogP contribution in [0.1, 0.15) is 30.7 Å². The summed E-state index contributed by atoms with van der Waals surface area (Å²) in [6.45, 7) is 0.802. The standard InChI is InChI=1S/C27H18ClF3N2O2/c1-27(2)24-23(32-25(33-24)22-18(28)7-5-8-19(22)29)17-13-11-15(14-21(17)35-27)10-12-16-6-3-4-9-20(16)34-26(30)31/h3-9,11,13-14,26H,1-2H3,(H,32,33). The van der Waals surface area contributed by atoms with Crippen LogP contribution in [0.5, 0.6) is 11.5 Å². The number of hydrogen-bond acceptors (Lipinski definition) is 3. The fourth-order valence-electron chi connectivity index (χ4n) is 3.96. The van der Waals surface area contributed by atoms with E-state index < -0.39 is 18.0 Å². The molecule has 1 aliphatic rings. The summed E-state index contributed by atoms with van der Waals surface area (Å²) in [6, 6.07) is 16.1. The van der Waals surface area contributed by atoms with Crippen LogP contribution in [-0.4, -0.2) is 16.6 Å². The molecule has 5 rings (SSSR count). The second-order valence-electron chi connectivity index (χ2n) is 8.35. The number of aromatic amines is 1. The molecule has 1 N–H and O–H groups in total. The van der Waals surface area contributed by atoms with E-state index in [1.807, 2.05) is 19.9 Å². The number of nitrogens with one attached hydrogen (secondary N) is 1. The number of aromatic nitrogens is 2. The summed E-state index contributed by atoms with van der Waals surface area (Å²) in [5, 5.41) is 0.247. The highest BCUT2D eigenvalue weighted by Gasteiger charge is 2.36. The molecule has 4 nitrogen and oxygen atoms in total. The maximum absolute atomic E-state index is 14.5. The molecule has 0 fully saturated rings. The quantitative estimate of drug-likeness (QED) is 0.307. The van der Waals surface area contributed by atoms with Gasteiger partial charge in [0.25, 0.3) is 0 Å². The molecule has 2 heterocycles. The van der Waals surface area contributed by atoms with E-state index in [2.05, 4.69) is 26.5 Å². The largest absolute Gasteiger partial charge is 0.481 e. The maximum atomic E-state index is 14.5. The molecule has 1 aliphatic heterocycles. The second kappa shape index (κ2) is 8.71. The van der Waals surface area contributed by atoms with Crippen LogP contribution in [-0.2, 0) is 5.60 Å². The third-order valence-corrected chi connectivity index (χ3v) is 5.87. The zero-order valence-corrected chi connectivity index (χ0v) is 19.4. The molecule has 0 radical (unpaired) electrons. The molecule has 35 heavy (non-hydrogen) atoms. The van der Waals surface area contributed by atoms with E-state index in [9.17, 15) is 13.2 Å². The molecule has 176 valence electrons. The van der Waals surface area contributed by atoms with E-state index >= 15 is 0 Å². The summed E-state index contributed by atoms with van der Waals surface area (Å²) in [4.78, 5) is 7.84. The van der Waals surface area contributed by atoms with Gasteiger partial charge in [-0.1, -0.05) is 41.6 Å². The number of rotatable bonds is 3. The van der Waals surface area contributed by atoms with Crippen LogP contribution in [0.2, 0.25) is 5.02 Å². The minimum Gasteiger partial charge on any atom is -0.481 e. The summed E-state index contributed by atoms with van der Waals surface area (Å²) >= 11 is 6.25. The van der Waals surface area contributed by atoms with Crippen molar-refractivity contribution in [3.63, 3.8) is 0 Å². The van der Waals surface area contributed by atoms with Crippen molar-refractivity contribution < 1.29 is 22.6 Å². The zero-order valence-electron chi connectivity index (χ0n) is 18.6. The summed E-state index contributed by atoms with van der Waals surface area (Å²) in [6.07, 6.45) is 0. The van der Waals surface area contributed by atoms with Gasteiger partial charge in [0.05, 0.1) is 27.5 Å². The Labute approximate surface area is 204 Å². The Bertz CT molecular complexity index is 1480. The molecule has 0 unspecified atom stereocenters. The fourth-order valence-corrected chi connectivity index (χ4v) is 4.21. The zero-order chi connectivity index (χ0) is 24.7. The Kier molecular flexibility index (Phi) is 5.70. The van der Waals surface area contributed by atoms with E-state index in [0.29, 0.717) is 39.7 Å². The third kappa shape index (κ3) is 4.33. The smallest absolute Gasteiger partial charge is 0.387 e. The Morgan fingerprint density at radius 3 is 2.63 bits per heavy atom. The summed E-state index contributed by atoms with van der Waals surface area (Å²) in [5.41, 5.74) is 2.37. The lowest BCUT2D eigenvalue weighted by molar-refractivity contribution is -0.0500. The van der Waals surface area contributed by atoms with Crippen molar-refractivity contribution in [2.24, 2.45) is 0 Å². The Balaban J connectivity index is 1.54. The van der Waals surface area contributed by atoms with Gasteiger partial charge in [0.2, 0.25) is 0 Å². The van der Waals surface area contributed by atoms with Crippen molar-refractivity contribution in [1.29, 1.82) is 0 Å². The number of benzene rings is 3. The van der Waals surface area contributed by atoms with Gasteiger partial charge in [0.1, 0.15) is 28.7 Å². The highest BCUT2D eigenvalue weighted by molar-refractivity contribution is 6.33. The molecule has 0 atom stereocenters. The minimum absolute atomic E-state index is 0.00541. The van der Waals surface area contributed by atoms with Gasteiger partial charge in [0.15, 0.2) is 0 Å². The number of halogens is 4. The average molecular weight is 495 g/mol. The van der Waals surface area contributed by atoms with Crippen molar-refractivity contribution in [3.8, 4) is 46.0 Å². The lowest BCUT2D eigenvalue weighted by Crippen LogP contribution is -2.29. The summed E-state index contributed by atoms with van der Waals surface area (Å²) < 4.78 is 50.7. The Morgan fingerprint density at radius 2 is 1.86 bits per heavy atom. The highest BCUT2D eigenvalue weighted by atomic mass is 35.5. The number of imidazole rings is 1. The SMILES string of the molecule is CC1(C)Oc2cc(C#Cc3ccccc3OC(F)F)ccc2-c2nc(-c3c(F)cccc3Cl)[nH]c21. The van der Waals surface area contributed by atoms with Crippen LogP contribution in [0.3, 0.4) is 0 Å². The molecule has 0 spiro atoms. The number of alkyl halides is 2. The number of hydrogen-bond donors (Lipinski definition) is 1. The average Bonchev–Trinajstić information content (AvgIpc) is 3.24. The van der Waals surface area contributed by atoms with E-state index in [4.69, 9.17) is 16.3 Å². The van der Waals surface area contributed by atoms with Gasteiger partial charge < -0.3 is 14.5 Å². The Morgan fingerprint density at radius 1 is 1.06 bits per heavy atom. The van der Waals surface area contributed by atoms with Gasteiger partial charge in [-0.25, -0.2) is 9.37 Å². The molecule has 0 aliphatic carbocycles. The van der Waals surface area contributed by atoms with Crippen LogP contribution in [0.4, 0.5) is 13.2 Å². The predicted octanol–water partition coefficient (Wildman–Crippen LogP) is 7.16. The van der Waals surface area contributed by atoms with E-state index in [1.54, 1.807) is 36.4 Å². The monoisotopic (exact) mass is 494 g/mol. The first-order valence-corrected chi connectivity index (χ1v) is 11.0. The van der Waals surface area contributed by atoms with Crippen LogP contribution in [0.25, 0.3) is 22.6 Å². The van der Waals surface area contributed by atoms with Crippen molar-refractivity contribution >= 4 is 11.6 Å². The fraction of sp³-hybridized carbons (Fsp3) is 0.148. The van der Waals surface area contributed by atoms with Crippen molar-refractivity contribution in [2.75, 3.05) is 0 Å². The molecule has 0 saturated heterocycles. The maximum Gasteiger partial charge on any atom is 0.387 e. The first-order valence-electron chi connectivity index (χ1n) is 10.7. The van der Waals surface area contributed by atoms with Gasteiger partial charge in [-0.3, -0.25) is 0 Å². The van der Waals surface area contributed by atoms with Gasteiger partial charge in [-0.2, -0.15) is 8.78 Å². The molecule has 3 aromatic carbocycles. The number of nitrogens with zero attached hydrogens (tertiary/aromatic N) is 1. The highest BCUT2D eigenvalue weighted by Crippen LogP contribution is 2.45. The first kappa shape index (κ1) is 22.9. The molecule has 0 saturated carbocycles. The number of H-pyrrole nitrogens is 1. The number of fused-ring (bicyclic) bond motifs is 3. The molecule has 0 bridgehead atoms. The van der Waals surface area contributed by atoms with Gasteiger partial charge in [-0.05, 0) is 56.3 Å². The minimum atomic E-state index is -2.94. The normalized spacial score (nSPS) is 13.3. The summed E-state index contributed by atoms with van der Waals surface area (Å²) in [5.74, 6) is 6.23. The molecular formula is C27H18ClF3N2O2. The lowest BCUT2D eigenvalue weighted by Gasteiger charge is -2.31. The molecule has 0 amide bonds. The van der Waals surface area contributed by atoms with Crippen molar-refractivity contribution in [1.82, 2.24) is 9.97 Å². The van der Waals surface area contributed by atoms with Crippen LogP contribution in [0, 0.1) is 17.7 Å². The number of ether oxygens (including phenoxy) is 2. The molecule has 4 aromatic rings. The van der Waals surface area contributed by atoms with Gasteiger partial charge in [0, 0.05) is 11.1 Å². The van der Waals surface area contributed by atoms with E-state index in [0.717, 1.165) is 0 Å². The van der Waals surface area contributed by atoms with Gasteiger partial charge >= 0.3 is 6.61 Å². The van der Waals surface area contributed by atoms with Gasteiger partial charge in [-0.15, -0.1) is 0 Å². The van der Waals surface area contributed by atoms with Crippen molar-refractivity contribution in [2.45, 2.75) is 26.1 Å². The predicted molar refractivity (Wildman–Crippen MR) is 127 cm³/mol. The van der Waals surface area contributed by atoms with Crippen molar-refractivity contribution in [3.05, 3.63) is 88.3 Å². The molecule has 1 aromatic heterocycles. The van der Waals surface area contributed by atoms with Crippen LogP contribution in [0.15, 0.2) is 60.7 Å². The Hall–Kier alpha value is -3.89. The summed E-state index contributed by atoms with van der Waals surface area (Å²) in [7, 11) is 0. The molecular weight excluding hydrogens is 477 g/mol. The van der Waals surface area contributed by atoms with E-state index in [1.165, 1.54) is 18.2 Å². The van der Waals surface area contributed by atoms with E-state index in [-0.39, 0.29) is 16.3 Å². The second-order valence-corrected chi connectivity index (χ2v) is 8.76. The molecule has 8 heteroatoms. The van der Waals surface area contributed by atoms with Crippen LogP contribution >= 0.6 is 11.6 Å². The third-order valence-electron chi connectivity index (χ3n) is 5.55. The van der Waals surface area contributed by atoms with Crippen LogP contribution < -0.4 is 9.47 Å². The lowest BCUT2D eigenvalue weighted by atomic mass is 9.94. The first-order chi connectivity index (χ1) is 16.7. The number of para-hydroxylation sites is 1. The topological polar surface area (TPSA) is 47.1 Å².